The van der Waals surface area contributed by atoms with Gasteiger partial charge in [0.2, 0.25) is 0 Å². The molecule has 6 atom stereocenters. The average Bonchev–Trinajstić information content (AvgIpc) is 2.71. The van der Waals surface area contributed by atoms with Crippen LogP contribution in [0.25, 0.3) is 0 Å². The molecule has 20 heavy (non-hydrogen) atoms. The first-order chi connectivity index (χ1) is 9.65. The minimum atomic E-state index is -0.808. The lowest BCUT2D eigenvalue weighted by atomic mass is 9.76. The highest BCUT2D eigenvalue weighted by molar-refractivity contribution is 5.03. The molecule has 0 aromatic rings. The fourth-order valence-electron chi connectivity index (χ4n) is 4.23. The molecular weight excluding hydrogens is 256 g/mol. The Morgan fingerprint density at radius 3 is 2.70 bits per heavy atom. The van der Waals surface area contributed by atoms with E-state index < -0.39 is 18.0 Å². The van der Waals surface area contributed by atoms with Gasteiger partial charge in [-0.3, -0.25) is 0 Å². The Hall–Kier alpha value is -0.160. The van der Waals surface area contributed by atoms with E-state index >= 15 is 0 Å². The first-order valence-electron chi connectivity index (χ1n) is 8.37. The van der Waals surface area contributed by atoms with Crippen LogP contribution in [-0.4, -0.2) is 40.4 Å². The maximum absolute atomic E-state index is 10.4. The second-order valence-electron chi connectivity index (χ2n) is 6.80. The lowest BCUT2D eigenvalue weighted by Gasteiger charge is -2.46. The standard InChI is InChI=1S/C16H28O4/c1-2-3-4-5-6-13-14-8-7-11-9-12(17)10-15(18)16(11,19-13)20-14/h11-15,17-18H,2-10H2,1H3/t11-,12+,13+,14-,15-,16-/m1/s1. The van der Waals surface area contributed by atoms with E-state index in [0.29, 0.717) is 12.8 Å². The third-order valence-corrected chi connectivity index (χ3v) is 5.31. The number of aliphatic hydroxyl groups excluding tert-OH is 2. The van der Waals surface area contributed by atoms with Gasteiger partial charge in [-0.05, 0) is 25.7 Å². The van der Waals surface area contributed by atoms with Crippen LogP contribution in [0.5, 0.6) is 0 Å². The Bertz CT molecular complexity index is 334. The van der Waals surface area contributed by atoms with E-state index in [2.05, 4.69) is 6.92 Å². The summed E-state index contributed by atoms with van der Waals surface area (Å²) in [5.74, 6) is -0.657. The number of unbranched alkanes of at least 4 members (excludes halogenated alkanes) is 3. The predicted octanol–water partition coefficient (Wildman–Crippen LogP) is 2.36. The number of rotatable bonds is 5. The molecule has 4 nitrogen and oxygen atoms in total. The van der Waals surface area contributed by atoms with Crippen molar-refractivity contribution in [3.63, 3.8) is 0 Å². The smallest absolute Gasteiger partial charge is 0.198 e. The molecule has 0 radical (unpaired) electrons. The highest BCUT2D eigenvalue weighted by Crippen LogP contribution is 2.51. The van der Waals surface area contributed by atoms with Crippen molar-refractivity contribution in [1.82, 2.24) is 0 Å². The molecule has 116 valence electrons. The third kappa shape index (κ3) is 2.52. The van der Waals surface area contributed by atoms with Crippen molar-refractivity contribution in [3.8, 4) is 0 Å². The van der Waals surface area contributed by atoms with E-state index in [9.17, 15) is 10.2 Å². The Morgan fingerprint density at radius 1 is 1.05 bits per heavy atom. The lowest BCUT2D eigenvalue weighted by molar-refractivity contribution is -0.299. The highest BCUT2D eigenvalue weighted by Gasteiger charge is 2.61. The largest absolute Gasteiger partial charge is 0.393 e. The minimum absolute atomic E-state index is 0.141. The highest BCUT2D eigenvalue weighted by atomic mass is 16.8. The van der Waals surface area contributed by atoms with Gasteiger partial charge >= 0.3 is 0 Å². The molecule has 4 heteroatoms. The van der Waals surface area contributed by atoms with Crippen LogP contribution in [-0.2, 0) is 9.47 Å². The van der Waals surface area contributed by atoms with Gasteiger partial charge < -0.3 is 19.7 Å². The monoisotopic (exact) mass is 284 g/mol. The fraction of sp³-hybridized carbons (Fsp3) is 1.00. The van der Waals surface area contributed by atoms with Crippen molar-refractivity contribution >= 4 is 0 Å². The zero-order valence-corrected chi connectivity index (χ0v) is 12.5. The summed E-state index contributed by atoms with van der Waals surface area (Å²) in [5.41, 5.74) is 0. The van der Waals surface area contributed by atoms with Crippen LogP contribution in [0.1, 0.15) is 64.7 Å². The van der Waals surface area contributed by atoms with Gasteiger partial charge in [-0.25, -0.2) is 0 Å². The Labute approximate surface area is 121 Å². The van der Waals surface area contributed by atoms with Crippen LogP contribution in [0.4, 0.5) is 0 Å². The van der Waals surface area contributed by atoms with Crippen molar-refractivity contribution in [1.29, 1.82) is 0 Å². The van der Waals surface area contributed by atoms with Crippen molar-refractivity contribution in [2.24, 2.45) is 5.92 Å². The molecule has 2 N–H and O–H groups in total. The molecule has 3 fully saturated rings. The van der Waals surface area contributed by atoms with Gasteiger partial charge in [0.15, 0.2) is 5.79 Å². The van der Waals surface area contributed by atoms with Gasteiger partial charge in [0.05, 0.1) is 18.3 Å². The quantitative estimate of drug-likeness (QED) is 0.761. The molecule has 2 aliphatic heterocycles. The summed E-state index contributed by atoms with van der Waals surface area (Å²) in [5, 5.41) is 20.2. The predicted molar refractivity (Wildman–Crippen MR) is 75.2 cm³/mol. The minimum Gasteiger partial charge on any atom is -0.393 e. The van der Waals surface area contributed by atoms with Gasteiger partial charge in [-0.1, -0.05) is 32.6 Å². The Morgan fingerprint density at radius 2 is 1.90 bits per heavy atom. The zero-order valence-electron chi connectivity index (χ0n) is 12.5. The van der Waals surface area contributed by atoms with Crippen molar-refractivity contribution in [2.45, 2.75) is 94.9 Å². The molecule has 0 unspecified atom stereocenters. The van der Waals surface area contributed by atoms with Crippen LogP contribution in [0.3, 0.4) is 0 Å². The topological polar surface area (TPSA) is 58.9 Å². The van der Waals surface area contributed by atoms with Crippen molar-refractivity contribution in [2.75, 3.05) is 0 Å². The van der Waals surface area contributed by atoms with E-state index in [-0.39, 0.29) is 18.1 Å². The average molecular weight is 284 g/mol. The Balaban J connectivity index is 1.63. The Kier molecular flexibility index (Phi) is 4.37. The maximum atomic E-state index is 10.4. The van der Waals surface area contributed by atoms with Gasteiger partial charge in [0.1, 0.15) is 6.10 Å². The van der Waals surface area contributed by atoms with Crippen molar-refractivity contribution in [3.05, 3.63) is 0 Å². The summed E-state index contributed by atoms with van der Waals surface area (Å²) in [4.78, 5) is 0. The fourth-order valence-corrected chi connectivity index (χ4v) is 4.23. The zero-order chi connectivity index (χ0) is 14.2. The van der Waals surface area contributed by atoms with Gasteiger partial charge in [0.25, 0.3) is 0 Å². The molecule has 2 saturated heterocycles. The molecule has 1 aliphatic carbocycles. The van der Waals surface area contributed by atoms with Crippen LogP contribution in [0.15, 0.2) is 0 Å². The summed E-state index contributed by atoms with van der Waals surface area (Å²) in [7, 11) is 0. The number of fused-ring (bicyclic) bond motifs is 1. The van der Waals surface area contributed by atoms with Crippen LogP contribution in [0, 0.1) is 5.92 Å². The number of hydrogen-bond acceptors (Lipinski definition) is 4. The van der Waals surface area contributed by atoms with Gasteiger partial charge in [0, 0.05) is 12.3 Å². The van der Waals surface area contributed by atoms with E-state index in [1.807, 2.05) is 0 Å². The number of ether oxygens (including phenoxy) is 2. The van der Waals surface area contributed by atoms with Gasteiger partial charge in [-0.2, -0.15) is 0 Å². The molecule has 0 amide bonds. The first-order valence-corrected chi connectivity index (χ1v) is 8.37. The summed E-state index contributed by atoms with van der Waals surface area (Å²) in [6, 6.07) is 0. The summed E-state index contributed by atoms with van der Waals surface area (Å²) in [6.45, 7) is 2.22. The second kappa shape index (κ2) is 5.91. The molecule has 1 spiro atoms. The molecule has 0 aromatic heterocycles. The van der Waals surface area contributed by atoms with Gasteiger partial charge in [-0.15, -0.1) is 0 Å². The molecule has 3 aliphatic rings. The van der Waals surface area contributed by atoms with E-state index in [1.165, 1.54) is 25.7 Å². The van der Waals surface area contributed by atoms with E-state index in [1.54, 1.807) is 0 Å². The van der Waals surface area contributed by atoms with Crippen LogP contribution >= 0.6 is 0 Å². The van der Waals surface area contributed by atoms with E-state index in [0.717, 1.165) is 19.3 Å². The number of hydrogen-bond donors (Lipinski definition) is 2. The SMILES string of the molecule is CCCCCC[C@@H]1O[C@@]23O[C@@H]1CC[C@@H]2C[C@H](O)C[C@H]3O. The normalized spacial score (nSPS) is 47.2. The second-order valence-corrected chi connectivity index (χ2v) is 6.80. The van der Waals surface area contributed by atoms with E-state index in [4.69, 9.17) is 9.47 Å². The molecule has 1 saturated carbocycles. The van der Waals surface area contributed by atoms with Crippen LogP contribution < -0.4 is 0 Å². The summed E-state index contributed by atoms with van der Waals surface area (Å²) < 4.78 is 12.4. The molecule has 0 aromatic carbocycles. The first kappa shape index (κ1) is 14.8. The van der Waals surface area contributed by atoms with Crippen LogP contribution in [0.2, 0.25) is 0 Å². The molecule has 2 bridgehead atoms. The summed E-state index contributed by atoms with van der Waals surface area (Å²) >= 11 is 0. The summed E-state index contributed by atoms with van der Waals surface area (Å²) in [6.07, 6.45) is 8.28. The number of aliphatic hydroxyl groups is 2. The molecule has 3 rings (SSSR count). The lowest BCUT2D eigenvalue weighted by Crippen LogP contribution is -2.57. The maximum Gasteiger partial charge on any atom is 0.198 e. The third-order valence-electron chi connectivity index (χ3n) is 5.31. The van der Waals surface area contributed by atoms with Crippen molar-refractivity contribution < 1.29 is 19.7 Å². The molecular formula is C16H28O4. The molecule has 2 heterocycles.